The van der Waals surface area contributed by atoms with Crippen molar-refractivity contribution in [2.45, 2.75) is 23.2 Å². The van der Waals surface area contributed by atoms with Gasteiger partial charge in [0.05, 0.1) is 11.4 Å². The largest absolute Gasteiger partial charge is 0.357 e. The Labute approximate surface area is 170 Å². The van der Waals surface area contributed by atoms with Crippen LogP contribution in [-0.4, -0.2) is 33.7 Å². The van der Waals surface area contributed by atoms with Gasteiger partial charge in [-0.1, -0.05) is 65.6 Å². The van der Waals surface area contributed by atoms with Crippen molar-refractivity contribution in [3.05, 3.63) is 65.7 Å². The van der Waals surface area contributed by atoms with Crippen LogP contribution in [-0.2, 0) is 4.79 Å². The Morgan fingerprint density at radius 3 is 2.57 bits per heavy atom. The number of benzene rings is 2. The van der Waals surface area contributed by atoms with Gasteiger partial charge in [0.1, 0.15) is 0 Å². The van der Waals surface area contributed by atoms with E-state index in [1.54, 1.807) is 36.4 Å². The summed E-state index contributed by atoms with van der Waals surface area (Å²) >= 11 is 2.79. The molecule has 1 saturated carbocycles. The molecule has 2 N–H and O–H groups in total. The van der Waals surface area contributed by atoms with E-state index >= 15 is 0 Å². The fourth-order valence-corrected chi connectivity index (χ4v) is 4.21. The molecule has 0 atom stereocenters. The van der Waals surface area contributed by atoms with Crippen molar-refractivity contribution in [2.24, 2.45) is 0 Å². The molecule has 142 valence electrons. The molecule has 0 bridgehead atoms. The molecule has 1 fully saturated rings. The number of hydrogen-bond acceptors (Lipinski definition) is 7. The number of carbonyl (C=O) groups is 2. The van der Waals surface area contributed by atoms with Gasteiger partial charge in [-0.25, -0.2) is 0 Å². The standard InChI is InChI=1S/C20H18N4O2S2/c25-17(12-27-20-24-23-19(28-20)21-14-10-11-14)22-16-9-5-4-8-15(16)18(26)13-6-2-1-3-7-13/h1-9,14H,10-12H2,(H,21,23)(H,22,25). The van der Waals surface area contributed by atoms with E-state index in [0.717, 1.165) is 9.47 Å². The lowest BCUT2D eigenvalue weighted by Crippen LogP contribution is -2.16. The number of aromatic nitrogens is 2. The topological polar surface area (TPSA) is 84.0 Å². The van der Waals surface area contributed by atoms with E-state index < -0.39 is 0 Å². The van der Waals surface area contributed by atoms with Gasteiger partial charge < -0.3 is 10.6 Å². The number of para-hydroxylation sites is 1. The van der Waals surface area contributed by atoms with Crippen molar-refractivity contribution < 1.29 is 9.59 Å². The number of thioether (sulfide) groups is 1. The van der Waals surface area contributed by atoms with Crippen LogP contribution in [0.2, 0.25) is 0 Å². The maximum Gasteiger partial charge on any atom is 0.234 e. The quantitative estimate of drug-likeness (QED) is 0.430. The minimum absolute atomic E-state index is 0.121. The summed E-state index contributed by atoms with van der Waals surface area (Å²) in [5, 5.41) is 15.1. The molecule has 6 nitrogen and oxygen atoms in total. The first-order valence-electron chi connectivity index (χ1n) is 8.90. The molecule has 3 aromatic rings. The number of hydrogen-bond donors (Lipinski definition) is 2. The molecule has 0 saturated heterocycles. The fraction of sp³-hybridized carbons (Fsp3) is 0.200. The highest BCUT2D eigenvalue weighted by atomic mass is 32.2. The number of anilines is 2. The predicted molar refractivity (Wildman–Crippen MR) is 112 cm³/mol. The molecule has 1 aliphatic carbocycles. The lowest BCUT2D eigenvalue weighted by molar-refractivity contribution is -0.113. The highest BCUT2D eigenvalue weighted by Crippen LogP contribution is 2.30. The van der Waals surface area contributed by atoms with E-state index in [1.807, 2.05) is 18.2 Å². The van der Waals surface area contributed by atoms with E-state index in [9.17, 15) is 9.59 Å². The molecule has 1 aliphatic rings. The molecule has 4 rings (SSSR count). The van der Waals surface area contributed by atoms with Crippen LogP contribution in [0.5, 0.6) is 0 Å². The SMILES string of the molecule is O=C(CSc1nnc(NC2CC2)s1)Nc1ccccc1C(=O)c1ccccc1. The van der Waals surface area contributed by atoms with Crippen LogP contribution in [0.1, 0.15) is 28.8 Å². The average Bonchev–Trinajstić information content (AvgIpc) is 3.43. The van der Waals surface area contributed by atoms with E-state index in [4.69, 9.17) is 0 Å². The second kappa shape index (κ2) is 8.53. The van der Waals surface area contributed by atoms with Gasteiger partial charge in [0, 0.05) is 17.2 Å². The molecule has 0 unspecified atom stereocenters. The number of rotatable bonds is 8. The van der Waals surface area contributed by atoms with E-state index in [2.05, 4.69) is 20.8 Å². The van der Waals surface area contributed by atoms with Gasteiger partial charge in [-0.3, -0.25) is 9.59 Å². The summed E-state index contributed by atoms with van der Waals surface area (Å²) in [7, 11) is 0. The summed E-state index contributed by atoms with van der Waals surface area (Å²) < 4.78 is 0.743. The Morgan fingerprint density at radius 2 is 1.79 bits per heavy atom. The number of amides is 1. The Kier molecular flexibility index (Phi) is 5.68. The average molecular weight is 411 g/mol. The zero-order valence-electron chi connectivity index (χ0n) is 14.9. The summed E-state index contributed by atoms with van der Waals surface area (Å²) in [6.07, 6.45) is 2.34. The van der Waals surface area contributed by atoms with Crippen LogP contribution in [0.4, 0.5) is 10.8 Å². The third-order valence-corrected chi connectivity index (χ3v) is 6.11. The van der Waals surface area contributed by atoms with Crippen molar-refractivity contribution in [1.29, 1.82) is 0 Å². The smallest absolute Gasteiger partial charge is 0.234 e. The van der Waals surface area contributed by atoms with Crippen LogP contribution in [0.15, 0.2) is 58.9 Å². The summed E-state index contributed by atoms with van der Waals surface area (Å²) in [6.45, 7) is 0. The second-order valence-corrected chi connectivity index (χ2v) is 8.57. The summed E-state index contributed by atoms with van der Waals surface area (Å²) in [5.41, 5.74) is 1.57. The fourth-order valence-electron chi connectivity index (χ4n) is 2.58. The zero-order chi connectivity index (χ0) is 19.3. The minimum Gasteiger partial charge on any atom is -0.357 e. The molecule has 28 heavy (non-hydrogen) atoms. The molecule has 8 heteroatoms. The Bertz CT molecular complexity index is 987. The highest BCUT2D eigenvalue weighted by molar-refractivity contribution is 8.01. The number of nitrogens with one attached hydrogen (secondary N) is 2. The van der Waals surface area contributed by atoms with Gasteiger partial charge in [0.25, 0.3) is 0 Å². The molecular formula is C20H18N4O2S2. The molecule has 1 aromatic heterocycles. The van der Waals surface area contributed by atoms with Crippen LogP contribution >= 0.6 is 23.1 Å². The lowest BCUT2D eigenvalue weighted by atomic mass is 10.0. The first kappa shape index (κ1) is 18.6. The van der Waals surface area contributed by atoms with Crippen molar-refractivity contribution >= 4 is 45.6 Å². The molecule has 1 heterocycles. The monoisotopic (exact) mass is 410 g/mol. The third kappa shape index (κ3) is 4.76. The number of nitrogens with zero attached hydrogens (tertiary/aromatic N) is 2. The molecule has 0 aliphatic heterocycles. The minimum atomic E-state index is -0.190. The normalized spacial score (nSPS) is 13.1. The van der Waals surface area contributed by atoms with Crippen LogP contribution in [0.25, 0.3) is 0 Å². The third-order valence-electron chi connectivity index (χ3n) is 4.12. The van der Waals surface area contributed by atoms with Crippen molar-refractivity contribution in [1.82, 2.24) is 10.2 Å². The first-order valence-corrected chi connectivity index (χ1v) is 10.7. The Morgan fingerprint density at radius 1 is 1.04 bits per heavy atom. The molecule has 0 spiro atoms. The Balaban J connectivity index is 1.38. The van der Waals surface area contributed by atoms with Gasteiger partial charge in [-0.2, -0.15) is 0 Å². The second-order valence-electron chi connectivity index (χ2n) is 6.37. The first-order chi connectivity index (χ1) is 13.7. The van der Waals surface area contributed by atoms with Gasteiger partial charge in [-0.05, 0) is 25.0 Å². The molecular weight excluding hydrogens is 392 g/mol. The number of carbonyl (C=O) groups excluding carboxylic acids is 2. The molecule has 2 aromatic carbocycles. The summed E-state index contributed by atoms with van der Waals surface area (Å²) in [6, 6.07) is 16.6. The highest BCUT2D eigenvalue weighted by Gasteiger charge is 2.22. The zero-order valence-corrected chi connectivity index (χ0v) is 16.6. The molecule has 0 radical (unpaired) electrons. The van der Waals surface area contributed by atoms with Crippen LogP contribution < -0.4 is 10.6 Å². The van der Waals surface area contributed by atoms with Crippen molar-refractivity contribution in [3.63, 3.8) is 0 Å². The van der Waals surface area contributed by atoms with E-state index in [-0.39, 0.29) is 17.4 Å². The van der Waals surface area contributed by atoms with Crippen LogP contribution in [0.3, 0.4) is 0 Å². The lowest BCUT2D eigenvalue weighted by Gasteiger charge is -2.10. The van der Waals surface area contributed by atoms with Gasteiger partial charge in [0.15, 0.2) is 10.1 Å². The van der Waals surface area contributed by atoms with Gasteiger partial charge >= 0.3 is 0 Å². The number of ketones is 1. The summed E-state index contributed by atoms with van der Waals surface area (Å²) in [4.78, 5) is 25.1. The molecule has 1 amide bonds. The summed E-state index contributed by atoms with van der Waals surface area (Å²) in [5.74, 6) is -0.111. The maximum atomic E-state index is 12.7. The predicted octanol–water partition coefficient (Wildman–Crippen LogP) is 4.07. The maximum absolute atomic E-state index is 12.7. The van der Waals surface area contributed by atoms with E-state index in [0.29, 0.717) is 22.9 Å². The van der Waals surface area contributed by atoms with Crippen LogP contribution in [0, 0.1) is 0 Å². The Hall–Kier alpha value is -2.71. The van der Waals surface area contributed by atoms with Gasteiger partial charge in [-0.15, -0.1) is 10.2 Å². The van der Waals surface area contributed by atoms with Crippen molar-refractivity contribution in [2.75, 3.05) is 16.4 Å². The van der Waals surface area contributed by atoms with Crippen molar-refractivity contribution in [3.8, 4) is 0 Å². The van der Waals surface area contributed by atoms with E-state index in [1.165, 1.54) is 35.9 Å². The van der Waals surface area contributed by atoms with Gasteiger partial charge in [0.2, 0.25) is 11.0 Å².